The summed E-state index contributed by atoms with van der Waals surface area (Å²) < 4.78 is 0.855. The van der Waals surface area contributed by atoms with Crippen LogP contribution in [0.2, 0.25) is 0 Å². The standard InChI is InChI=1S/C17H17BrN4O2/c18-14-3-1-2-13(10-14)17(24)20-16-5-4-15(11-19-16)22-8-6-21(12-23)7-9-22/h1-5,10-12H,6-9H2,(H,19,20,24). The topological polar surface area (TPSA) is 65.5 Å². The molecule has 1 aliphatic heterocycles. The lowest BCUT2D eigenvalue weighted by atomic mass is 10.2. The van der Waals surface area contributed by atoms with Gasteiger partial charge in [0.2, 0.25) is 6.41 Å². The fourth-order valence-electron chi connectivity index (χ4n) is 2.55. The summed E-state index contributed by atoms with van der Waals surface area (Å²) in [6.07, 6.45) is 2.63. The average Bonchev–Trinajstić information content (AvgIpc) is 2.62. The van der Waals surface area contributed by atoms with Gasteiger partial charge in [0.1, 0.15) is 5.82 Å². The smallest absolute Gasteiger partial charge is 0.256 e. The fourth-order valence-corrected chi connectivity index (χ4v) is 2.95. The monoisotopic (exact) mass is 388 g/mol. The van der Waals surface area contributed by atoms with Crippen molar-refractivity contribution in [3.63, 3.8) is 0 Å². The number of nitrogens with zero attached hydrogens (tertiary/aromatic N) is 3. The Bertz CT molecular complexity index is 728. The second-order valence-corrected chi connectivity index (χ2v) is 6.41. The molecule has 7 heteroatoms. The van der Waals surface area contributed by atoms with Gasteiger partial charge >= 0.3 is 0 Å². The van der Waals surface area contributed by atoms with Gasteiger partial charge in [-0.05, 0) is 30.3 Å². The molecule has 1 fully saturated rings. The molecule has 0 radical (unpaired) electrons. The van der Waals surface area contributed by atoms with E-state index in [4.69, 9.17) is 0 Å². The van der Waals surface area contributed by atoms with Crippen molar-refractivity contribution < 1.29 is 9.59 Å². The Morgan fingerprint density at radius 1 is 1.17 bits per heavy atom. The first-order chi connectivity index (χ1) is 11.7. The molecular weight excluding hydrogens is 372 g/mol. The van der Waals surface area contributed by atoms with E-state index in [0.29, 0.717) is 24.5 Å². The molecule has 1 N–H and O–H groups in total. The number of carbonyl (C=O) groups is 2. The fraction of sp³-hybridized carbons (Fsp3) is 0.235. The van der Waals surface area contributed by atoms with E-state index in [1.165, 1.54) is 0 Å². The Kier molecular flexibility index (Phi) is 5.10. The Balaban J connectivity index is 1.62. The molecule has 0 saturated carbocycles. The van der Waals surface area contributed by atoms with Gasteiger partial charge in [-0.1, -0.05) is 22.0 Å². The van der Waals surface area contributed by atoms with Gasteiger partial charge in [-0.25, -0.2) is 4.98 Å². The van der Waals surface area contributed by atoms with Crippen LogP contribution in [0.15, 0.2) is 47.1 Å². The summed E-state index contributed by atoms with van der Waals surface area (Å²) in [4.78, 5) is 31.2. The molecule has 24 heavy (non-hydrogen) atoms. The maximum atomic E-state index is 12.2. The van der Waals surface area contributed by atoms with Gasteiger partial charge in [0.05, 0.1) is 11.9 Å². The largest absolute Gasteiger partial charge is 0.367 e. The van der Waals surface area contributed by atoms with Crippen molar-refractivity contribution in [2.45, 2.75) is 0 Å². The van der Waals surface area contributed by atoms with Crippen molar-refractivity contribution in [1.82, 2.24) is 9.88 Å². The number of rotatable bonds is 4. The number of hydrogen-bond acceptors (Lipinski definition) is 4. The summed E-state index contributed by atoms with van der Waals surface area (Å²) in [5.41, 5.74) is 1.56. The van der Waals surface area contributed by atoms with Crippen molar-refractivity contribution in [3.05, 3.63) is 52.6 Å². The van der Waals surface area contributed by atoms with Crippen LogP contribution in [0.5, 0.6) is 0 Å². The molecule has 1 aromatic heterocycles. The van der Waals surface area contributed by atoms with E-state index in [9.17, 15) is 9.59 Å². The third-order valence-electron chi connectivity index (χ3n) is 3.90. The second kappa shape index (κ2) is 7.44. The number of amides is 2. The predicted octanol–water partition coefficient (Wildman–Crippen LogP) is 2.37. The van der Waals surface area contributed by atoms with E-state index in [1.807, 2.05) is 18.2 Å². The van der Waals surface area contributed by atoms with Gasteiger partial charge in [-0.15, -0.1) is 0 Å². The Morgan fingerprint density at radius 3 is 2.58 bits per heavy atom. The molecule has 0 atom stereocenters. The molecule has 1 aromatic carbocycles. The van der Waals surface area contributed by atoms with Crippen molar-refractivity contribution in [1.29, 1.82) is 0 Å². The van der Waals surface area contributed by atoms with Crippen molar-refractivity contribution in [3.8, 4) is 0 Å². The normalized spacial score (nSPS) is 14.4. The van der Waals surface area contributed by atoms with Gasteiger partial charge in [-0.2, -0.15) is 0 Å². The summed E-state index contributed by atoms with van der Waals surface area (Å²) in [5, 5.41) is 2.79. The van der Waals surface area contributed by atoms with E-state index in [-0.39, 0.29) is 5.91 Å². The molecule has 1 saturated heterocycles. The van der Waals surface area contributed by atoms with Gasteiger partial charge in [-0.3, -0.25) is 9.59 Å². The second-order valence-electron chi connectivity index (χ2n) is 5.49. The van der Waals surface area contributed by atoms with Crippen LogP contribution in [-0.2, 0) is 4.79 Å². The highest BCUT2D eigenvalue weighted by molar-refractivity contribution is 9.10. The molecule has 0 aliphatic carbocycles. The number of aromatic nitrogens is 1. The maximum absolute atomic E-state index is 12.2. The van der Waals surface area contributed by atoms with Crippen LogP contribution < -0.4 is 10.2 Å². The molecule has 1 aliphatic rings. The Hall–Kier alpha value is -2.41. The van der Waals surface area contributed by atoms with Crippen LogP contribution in [-0.4, -0.2) is 48.4 Å². The SMILES string of the molecule is O=CN1CCN(c2ccc(NC(=O)c3cccc(Br)c3)nc2)CC1. The molecule has 124 valence electrons. The lowest BCUT2D eigenvalue weighted by Gasteiger charge is -2.33. The van der Waals surface area contributed by atoms with Crippen molar-refractivity contribution in [2.24, 2.45) is 0 Å². The van der Waals surface area contributed by atoms with Crippen LogP contribution in [0.25, 0.3) is 0 Å². The lowest BCUT2D eigenvalue weighted by molar-refractivity contribution is -0.118. The molecule has 0 bridgehead atoms. The summed E-state index contributed by atoms with van der Waals surface area (Å²) >= 11 is 3.35. The summed E-state index contributed by atoms with van der Waals surface area (Å²) in [7, 11) is 0. The van der Waals surface area contributed by atoms with Crippen LogP contribution in [0.1, 0.15) is 10.4 Å². The van der Waals surface area contributed by atoms with Gasteiger partial charge in [0, 0.05) is 36.2 Å². The highest BCUT2D eigenvalue weighted by Crippen LogP contribution is 2.18. The first-order valence-electron chi connectivity index (χ1n) is 7.63. The summed E-state index contributed by atoms with van der Waals surface area (Å²) in [5.74, 6) is 0.311. The van der Waals surface area contributed by atoms with Gasteiger partial charge < -0.3 is 15.1 Å². The van der Waals surface area contributed by atoms with Crippen LogP contribution in [0, 0.1) is 0 Å². The average molecular weight is 389 g/mol. The van der Waals surface area contributed by atoms with E-state index in [2.05, 4.69) is 31.1 Å². The number of carbonyl (C=O) groups excluding carboxylic acids is 2. The number of anilines is 2. The number of nitrogens with one attached hydrogen (secondary N) is 1. The minimum atomic E-state index is -0.198. The highest BCUT2D eigenvalue weighted by atomic mass is 79.9. The minimum absolute atomic E-state index is 0.198. The van der Waals surface area contributed by atoms with Gasteiger partial charge in [0.15, 0.2) is 0 Å². The Labute approximate surface area is 148 Å². The minimum Gasteiger partial charge on any atom is -0.367 e. The van der Waals surface area contributed by atoms with E-state index < -0.39 is 0 Å². The van der Waals surface area contributed by atoms with E-state index in [1.54, 1.807) is 29.3 Å². The molecule has 6 nitrogen and oxygen atoms in total. The zero-order chi connectivity index (χ0) is 16.9. The van der Waals surface area contributed by atoms with E-state index >= 15 is 0 Å². The number of pyridine rings is 1. The molecule has 2 amide bonds. The molecule has 0 unspecified atom stereocenters. The zero-order valence-electron chi connectivity index (χ0n) is 13.0. The molecule has 3 rings (SSSR count). The van der Waals surface area contributed by atoms with Crippen LogP contribution >= 0.6 is 15.9 Å². The number of piperazine rings is 1. The molecular formula is C17H17BrN4O2. The number of hydrogen-bond donors (Lipinski definition) is 1. The summed E-state index contributed by atoms with van der Waals surface area (Å²) in [6, 6.07) is 10.9. The van der Waals surface area contributed by atoms with Crippen molar-refractivity contribution >= 4 is 39.8 Å². The number of halogens is 1. The maximum Gasteiger partial charge on any atom is 0.256 e. The predicted molar refractivity (Wildman–Crippen MR) is 96.2 cm³/mol. The zero-order valence-corrected chi connectivity index (χ0v) is 14.6. The van der Waals surface area contributed by atoms with Crippen LogP contribution in [0.4, 0.5) is 11.5 Å². The first-order valence-corrected chi connectivity index (χ1v) is 8.42. The first kappa shape index (κ1) is 16.4. The van der Waals surface area contributed by atoms with Gasteiger partial charge in [0.25, 0.3) is 5.91 Å². The molecule has 2 aromatic rings. The van der Waals surface area contributed by atoms with Crippen LogP contribution in [0.3, 0.4) is 0 Å². The number of benzene rings is 1. The quantitative estimate of drug-likeness (QED) is 0.816. The Morgan fingerprint density at radius 2 is 1.96 bits per heavy atom. The lowest BCUT2D eigenvalue weighted by Crippen LogP contribution is -2.45. The van der Waals surface area contributed by atoms with Crippen molar-refractivity contribution in [2.75, 3.05) is 36.4 Å². The third-order valence-corrected chi connectivity index (χ3v) is 4.40. The third kappa shape index (κ3) is 3.91. The summed E-state index contributed by atoms with van der Waals surface area (Å²) in [6.45, 7) is 2.99. The molecule has 0 spiro atoms. The van der Waals surface area contributed by atoms with E-state index in [0.717, 1.165) is 29.7 Å². The molecule has 2 heterocycles. The highest BCUT2D eigenvalue weighted by Gasteiger charge is 2.16.